The molecule has 0 bridgehead atoms. The van der Waals surface area contributed by atoms with Crippen molar-refractivity contribution >= 4 is 28.4 Å². The maximum atomic E-state index is 12.4. The maximum Gasteiger partial charge on any atom is 0.314 e. The SMILES string of the molecule is Cc1cc(NC(=O)C(=O)NC[C@H](c2cccc3ccccc23)N2CCOCC2)no1. The van der Waals surface area contributed by atoms with Crippen LogP contribution in [-0.4, -0.2) is 54.7 Å². The summed E-state index contributed by atoms with van der Waals surface area (Å²) in [5, 5.41) is 11.2. The standard InChI is InChI=1S/C22H24N4O4/c1-15-13-20(25-30-15)24-22(28)21(27)23-14-19(26-9-11-29-12-10-26)18-8-4-6-16-5-2-3-7-17(16)18/h2-8,13,19H,9-12,14H2,1H3,(H,23,27)(H,24,25,28)/t19-/m1/s1. The lowest BCUT2D eigenvalue weighted by molar-refractivity contribution is -0.136. The van der Waals surface area contributed by atoms with Crippen LogP contribution in [0.25, 0.3) is 10.8 Å². The van der Waals surface area contributed by atoms with Crippen molar-refractivity contribution in [3.8, 4) is 0 Å². The highest BCUT2D eigenvalue weighted by Crippen LogP contribution is 2.28. The number of aryl methyl sites for hydroxylation is 1. The van der Waals surface area contributed by atoms with Gasteiger partial charge in [0.2, 0.25) is 0 Å². The molecule has 3 aromatic rings. The quantitative estimate of drug-likeness (QED) is 0.629. The number of rotatable bonds is 5. The molecule has 30 heavy (non-hydrogen) atoms. The van der Waals surface area contributed by atoms with Crippen molar-refractivity contribution in [2.24, 2.45) is 0 Å². The average molecular weight is 408 g/mol. The first-order valence-corrected chi connectivity index (χ1v) is 9.94. The van der Waals surface area contributed by atoms with Gasteiger partial charge in [0.25, 0.3) is 0 Å². The first-order valence-electron chi connectivity index (χ1n) is 9.94. The molecule has 2 amide bonds. The van der Waals surface area contributed by atoms with E-state index in [0.717, 1.165) is 29.4 Å². The van der Waals surface area contributed by atoms with Crippen molar-refractivity contribution in [1.82, 2.24) is 15.4 Å². The monoisotopic (exact) mass is 408 g/mol. The van der Waals surface area contributed by atoms with Gasteiger partial charge < -0.3 is 14.6 Å². The van der Waals surface area contributed by atoms with Gasteiger partial charge in [0.1, 0.15) is 5.76 Å². The number of anilines is 1. The van der Waals surface area contributed by atoms with Crippen molar-refractivity contribution in [1.29, 1.82) is 0 Å². The molecule has 1 aromatic heterocycles. The third-order valence-corrected chi connectivity index (χ3v) is 5.20. The minimum Gasteiger partial charge on any atom is -0.379 e. The fraction of sp³-hybridized carbons (Fsp3) is 0.318. The molecule has 0 radical (unpaired) electrons. The second kappa shape index (κ2) is 9.06. The van der Waals surface area contributed by atoms with Crippen LogP contribution < -0.4 is 10.6 Å². The molecule has 156 valence electrons. The lowest BCUT2D eigenvalue weighted by Crippen LogP contribution is -2.45. The second-order valence-corrected chi connectivity index (χ2v) is 7.22. The van der Waals surface area contributed by atoms with Crippen LogP contribution in [-0.2, 0) is 14.3 Å². The number of amides is 2. The van der Waals surface area contributed by atoms with E-state index in [1.165, 1.54) is 0 Å². The van der Waals surface area contributed by atoms with E-state index in [-0.39, 0.29) is 11.9 Å². The molecule has 1 aliphatic heterocycles. The Kier molecular flexibility index (Phi) is 6.06. The van der Waals surface area contributed by atoms with Crippen molar-refractivity contribution < 1.29 is 18.8 Å². The highest BCUT2D eigenvalue weighted by molar-refractivity contribution is 6.39. The number of carbonyl (C=O) groups excluding carboxylic acids is 2. The molecule has 0 spiro atoms. The van der Waals surface area contributed by atoms with E-state index >= 15 is 0 Å². The minimum absolute atomic E-state index is 0.0777. The predicted molar refractivity (Wildman–Crippen MR) is 112 cm³/mol. The number of benzene rings is 2. The van der Waals surface area contributed by atoms with Crippen LogP contribution in [0.2, 0.25) is 0 Å². The summed E-state index contributed by atoms with van der Waals surface area (Å²) in [7, 11) is 0. The molecule has 1 atom stereocenters. The molecular formula is C22H24N4O4. The molecule has 0 aliphatic carbocycles. The number of nitrogens with zero attached hydrogens (tertiary/aromatic N) is 2. The van der Waals surface area contributed by atoms with Gasteiger partial charge in [-0.2, -0.15) is 0 Å². The molecule has 1 fully saturated rings. The molecule has 1 aliphatic rings. The summed E-state index contributed by atoms with van der Waals surface area (Å²) >= 11 is 0. The Balaban J connectivity index is 1.51. The van der Waals surface area contributed by atoms with Gasteiger partial charge in [0.05, 0.1) is 19.3 Å². The number of ether oxygens (including phenoxy) is 1. The molecule has 8 nitrogen and oxygen atoms in total. The zero-order valence-electron chi connectivity index (χ0n) is 16.8. The molecule has 8 heteroatoms. The van der Waals surface area contributed by atoms with E-state index in [0.29, 0.717) is 25.5 Å². The molecular weight excluding hydrogens is 384 g/mol. The summed E-state index contributed by atoms with van der Waals surface area (Å²) in [5.41, 5.74) is 1.11. The summed E-state index contributed by atoms with van der Waals surface area (Å²) in [6.07, 6.45) is 0. The van der Waals surface area contributed by atoms with Crippen LogP contribution in [0, 0.1) is 6.92 Å². The van der Waals surface area contributed by atoms with Gasteiger partial charge in [-0.05, 0) is 23.3 Å². The zero-order chi connectivity index (χ0) is 20.9. The van der Waals surface area contributed by atoms with Gasteiger partial charge in [-0.3, -0.25) is 19.8 Å². The first kappa shape index (κ1) is 20.1. The summed E-state index contributed by atoms with van der Waals surface area (Å²) < 4.78 is 10.4. The Bertz CT molecular complexity index is 1040. The minimum atomic E-state index is -0.776. The molecule has 2 N–H and O–H groups in total. The van der Waals surface area contributed by atoms with Gasteiger partial charge in [-0.25, -0.2) is 0 Å². The summed E-state index contributed by atoms with van der Waals surface area (Å²) in [6, 6.07) is 15.8. The average Bonchev–Trinajstić information content (AvgIpc) is 3.19. The highest BCUT2D eigenvalue weighted by atomic mass is 16.5. The van der Waals surface area contributed by atoms with E-state index in [4.69, 9.17) is 9.26 Å². The Morgan fingerprint density at radius 1 is 1.10 bits per heavy atom. The second-order valence-electron chi connectivity index (χ2n) is 7.22. The third-order valence-electron chi connectivity index (χ3n) is 5.20. The van der Waals surface area contributed by atoms with Crippen LogP contribution in [0.15, 0.2) is 53.1 Å². The lowest BCUT2D eigenvalue weighted by Gasteiger charge is -2.35. The molecule has 4 rings (SSSR count). The van der Waals surface area contributed by atoms with E-state index < -0.39 is 11.8 Å². The third kappa shape index (κ3) is 4.50. The van der Waals surface area contributed by atoms with Crippen LogP contribution >= 0.6 is 0 Å². The van der Waals surface area contributed by atoms with Gasteiger partial charge in [0, 0.05) is 25.7 Å². The van der Waals surface area contributed by atoms with Crippen LogP contribution in [0.5, 0.6) is 0 Å². The Labute approximate surface area is 174 Å². The molecule has 2 aromatic carbocycles. The zero-order valence-corrected chi connectivity index (χ0v) is 16.8. The number of morpholine rings is 1. The molecule has 0 saturated carbocycles. The maximum absolute atomic E-state index is 12.4. The summed E-state index contributed by atoms with van der Waals surface area (Å²) in [4.78, 5) is 26.9. The van der Waals surface area contributed by atoms with E-state index in [1.54, 1.807) is 13.0 Å². The van der Waals surface area contributed by atoms with E-state index in [9.17, 15) is 9.59 Å². The first-order chi connectivity index (χ1) is 14.6. The van der Waals surface area contributed by atoms with Crippen molar-refractivity contribution in [2.45, 2.75) is 13.0 Å². The van der Waals surface area contributed by atoms with Gasteiger partial charge in [-0.1, -0.05) is 47.6 Å². The molecule has 2 heterocycles. The van der Waals surface area contributed by atoms with Crippen LogP contribution in [0.3, 0.4) is 0 Å². The Morgan fingerprint density at radius 3 is 2.63 bits per heavy atom. The predicted octanol–water partition coefficient (Wildman–Crippen LogP) is 2.26. The fourth-order valence-corrected chi connectivity index (χ4v) is 3.73. The number of hydrogen-bond acceptors (Lipinski definition) is 6. The number of nitrogens with one attached hydrogen (secondary N) is 2. The molecule has 0 unspecified atom stereocenters. The van der Waals surface area contributed by atoms with Crippen molar-refractivity contribution in [3.05, 3.63) is 59.9 Å². The van der Waals surface area contributed by atoms with Crippen LogP contribution in [0.4, 0.5) is 5.82 Å². The Hall–Kier alpha value is -3.23. The largest absolute Gasteiger partial charge is 0.379 e. The topological polar surface area (TPSA) is 96.7 Å². The van der Waals surface area contributed by atoms with E-state index in [2.05, 4.69) is 45.0 Å². The molecule has 1 saturated heterocycles. The smallest absolute Gasteiger partial charge is 0.314 e. The fourth-order valence-electron chi connectivity index (χ4n) is 3.73. The number of hydrogen-bond donors (Lipinski definition) is 2. The summed E-state index contributed by atoms with van der Waals surface area (Å²) in [6.45, 7) is 4.81. The Morgan fingerprint density at radius 2 is 1.87 bits per heavy atom. The van der Waals surface area contributed by atoms with Crippen LogP contribution in [0.1, 0.15) is 17.4 Å². The van der Waals surface area contributed by atoms with Gasteiger partial charge >= 0.3 is 11.8 Å². The number of aromatic nitrogens is 1. The van der Waals surface area contributed by atoms with E-state index in [1.807, 2.05) is 18.2 Å². The van der Waals surface area contributed by atoms with Gasteiger partial charge in [0.15, 0.2) is 5.82 Å². The number of fused-ring (bicyclic) bond motifs is 1. The van der Waals surface area contributed by atoms with Crippen molar-refractivity contribution in [3.63, 3.8) is 0 Å². The highest BCUT2D eigenvalue weighted by Gasteiger charge is 2.26. The number of carbonyl (C=O) groups is 2. The lowest BCUT2D eigenvalue weighted by atomic mass is 9.97. The normalized spacial score (nSPS) is 15.6. The van der Waals surface area contributed by atoms with Crippen molar-refractivity contribution in [2.75, 3.05) is 38.2 Å². The van der Waals surface area contributed by atoms with Gasteiger partial charge in [-0.15, -0.1) is 0 Å². The summed E-state index contributed by atoms with van der Waals surface area (Å²) in [5.74, 6) is -0.725.